The quantitative estimate of drug-likeness (QED) is 0.383. The van der Waals surface area contributed by atoms with Crippen LogP contribution in [0.25, 0.3) is 0 Å². The largest absolute Gasteiger partial charge is 0.179 e. The lowest BCUT2D eigenvalue weighted by Crippen LogP contribution is -2.16. The third-order valence-corrected chi connectivity index (χ3v) is 4.18. The SMILES string of the molecule is SCCCCCC(S)C(S)CS. The number of hydrogen-bond donors (Lipinski definition) is 4. The van der Waals surface area contributed by atoms with E-state index in [9.17, 15) is 0 Å². The van der Waals surface area contributed by atoms with Crippen molar-refractivity contribution in [3.8, 4) is 0 Å². The Bertz CT molecular complexity index is 97.1. The molecule has 0 aromatic heterocycles. The Hall–Kier alpha value is 1.40. The summed E-state index contributed by atoms with van der Waals surface area (Å²) in [5.41, 5.74) is 0. The van der Waals surface area contributed by atoms with Crippen LogP contribution < -0.4 is 0 Å². The summed E-state index contributed by atoms with van der Waals surface area (Å²) in [6, 6.07) is 0. The summed E-state index contributed by atoms with van der Waals surface area (Å²) in [4.78, 5) is 0. The van der Waals surface area contributed by atoms with E-state index in [1.54, 1.807) is 0 Å². The lowest BCUT2D eigenvalue weighted by molar-refractivity contribution is 0.649. The minimum Gasteiger partial charge on any atom is -0.179 e. The second kappa shape index (κ2) is 8.97. The van der Waals surface area contributed by atoms with Gasteiger partial charge in [-0.15, -0.1) is 0 Å². The van der Waals surface area contributed by atoms with E-state index in [1.165, 1.54) is 19.3 Å². The molecule has 0 fully saturated rings. The van der Waals surface area contributed by atoms with E-state index in [2.05, 4.69) is 50.5 Å². The zero-order chi connectivity index (χ0) is 9.40. The predicted octanol–water partition coefficient (Wildman–Crippen LogP) is 3.00. The molecular formula is C8H18S4. The van der Waals surface area contributed by atoms with E-state index in [-0.39, 0.29) is 0 Å². The Kier molecular flexibility index (Phi) is 10.0. The van der Waals surface area contributed by atoms with Gasteiger partial charge >= 0.3 is 0 Å². The number of unbranched alkanes of at least 4 members (excludes halogenated alkanes) is 2. The highest BCUT2D eigenvalue weighted by atomic mass is 32.1. The molecule has 0 aliphatic carbocycles. The molecule has 0 heterocycles. The molecule has 0 radical (unpaired) electrons. The van der Waals surface area contributed by atoms with Crippen LogP contribution in [0, 0.1) is 0 Å². The summed E-state index contributed by atoms with van der Waals surface area (Å²) in [5, 5.41) is 0.721. The van der Waals surface area contributed by atoms with Crippen molar-refractivity contribution in [1.29, 1.82) is 0 Å². The van der Waals surface area contributed by atoms with Crippen LogP contribution in [0.5, 0.6) is 0 Å². The molecule has 0 aromatic rings. The van der Waals surface area contributed by atoms with E-state index in [0.29, 0.717) is 10.5 Å². The molecule has 2 unspecified atom stereocenters. The van der Waals surface area contributed by atoms with E-state index >= 15 is 0 Å². The second-order valence-electron chi connectivity index (χ2n) is 2.89. The zero-order valence-corrected chi connectivity index (χ0v) is 10.8. The lowest BCUT2D eigenvalue weighted by Gasteiger charge is -2.15. The Morgan fingerprint density at radius 3 is 2.00 bits per heavy atom. The Balaban J connectivity index is 3.24. The smallest absolute Gasteiger partial charge is 0.0221 e. The van der Waals surface area contributed by atoms with E-state index in [0.717, 1.165) is 17.9 Å². The molecule has 0 rings (SSSR count). The van der Waals surface area contributed by atoms with Crippen LogP contribution in [0.3, 0.4) is 0 Å². The molecule has 0 bridgehead atoms. The molecule has 0 saturated carbocycles. The highest BCUT2D eigenvalue weighted by Crippen LogP contribution is 2.17. The van der Waals surface area contributed by atoms with Gasteiger partial charge in [0.05, 0.1) is 0 Å². The van der Waals surface area contributed by atoms with E-state index in [1.807, 2.05) is 0 Å². The Morgan fingerprint density at radius 2 is 1.50 bits per heavy atom. The average Bonchev–Trinajstić information content (AvgIpc) is 2.10. The van der Waals surface area contributed by atoms with Gasteiger partial charge < -0.3 is 0 Å². The standard InChI is InChI=1S/C8H18S4/c9-5-3-1-2-4-7(11)8(12)6-10/h7-12H,1-6H2. The van der Waals surface area contributed by atoms with Crippen LogP contribution in [-0.2, 0) is 0 Å². The van der Waals surface area contributed by atoms with Gasteiger partial charge in [0.25, 0.3) is 0 Å². The maximum atomic E-state index is 4.46. The first-order chi connectivity index (χ1) is 5.72. The van der Waals surface area contributed by atoms with Crippen LogP contribution >= 0.6 is 50.5 Å². The fraction of sp³-hybridized carbons (Fsp3) is 1.00. The van der Waals surface area contributed by atoms with Gasteiger partial charge in [0, 0.05) is 16.3 Å². The van der Waals surface area contributed by atoms with Crippen LogP contribution in [0.1, 0.15) is 25.7 Å². The average molecular weight is 243 g/mol. The lowest BCUT2D eigenvalue weighted by atomic mass is 10.1. The molecule has 0 aliphatic rings. The fourth-order valence-electron chi connectivity index (χ4n) is 0.956. The molecule has 0 spiro atoms. The third kappa shape index (κ3) is 6.87. The number of rotatable bonds is 7. The van der Waals surface area contributed by atoms with Crippen LogP contribution in [0.2, 0.25) is 0 Å². The van der Waals surface area contributed by atoms with Crippen LogP contribution in [0.15, 0.2) is 0 Å². The monoisotopic (exact) mass is 242 g/mol. The van der Waals surface area contributed by atoms with Crippen LogP contribution in [0.4, 0.5) is 0 Å². The molecule has 0 saturated heterocycles. The molecule has 12 heavy (non-hydrogen) atoms. The maximum Gasteiger partial charge on any atom is 0.0221 e. The summed E-state index contributed by atoms with van der Waals surface area (Å²) >= 11 is 17.2. The van der Waals surface area contributed by atoms with Gasteiger partial charge in [-0.05, 0) is 18.6 Å². The third-order valence-electron chi connectivity index (χ3n) is 1.79. The first-order valence-corrected chi connectivity index (χ1v) is 6.60. The number of thiol groups is 4. The Labute approximate surface area is 97.9 Å². The van der Waals surface area contributed by atoms with Gasteiger partial charge in [-0.1, -0.05) is 12.8 Å². The summed E-state index contributed by atoms with van der Waals surface area (Å²) in [6.45, 7) is 0. The van der Waals surface area contributed by atoms with Crippen molar-refractivity contribution in [1.82, 2.24) is 0 Å². The minimum atomic E-state index is 0.327. The predicted molar refractivity (Wildman–Crippen MR) is 71.7 cm³/mol. The molecule has 0 aliphatic heterocycles. The van der Waals surface area contributed by atoms with Crippen molar-refractivity contribution in [2.75, 3.05) is 11.5 Å². The van der Waals surface area contributed by atoms with Crippen molar-refractivity contribution in [2.24, 2.45) is 0 Å². The Morgan fingerprint density at radius 1 is 0.833 bits per heavy atom. The maximum absolute atomic E-state index is 4.46. The van der Waals surface area contributed by atoms with Crippen LogP contribution in [-0.4, -0.2) is 22.0 Å². The summed E-state index contributed by atoms with van der Waals surface area (Å²) in [5.74, 6) is 1.80. The van der Waals surface area contributed by atoms with Gasteiger partial charge in [-0.2, -0.15) is 50.5 Å². The summed E-state index contributed by atoms with van der Waals surface area (Å²) < 4.78 is 0. The van der Waals surface area contributed by atoms with Gasteiger partial charge in [0.1, 0.15) is 0 Å². The van der Waals surface area contributed by atoms with Gasteiger partial charge in [-0.3, -0.25) is 0 Å². The van der Waals surface area contributed by atoms with Gasteiger partial charge in [0.2, 0.25) is 0 Å². The summed E-state index contributed by atoms with van der Waals surface area (Å²) in [7, 11) is 0. The molecule has 4 heteroatoms. The highest BCUT2D eigenvalue weighted by molar-refractivity contribution is 7.87. The molecule has 74 valence electrons. The van der Waals surface area contributed by atoms with Crippen molar-refractivity contribution < 1.29 is 0 Å². The molecule has 0 aromatic carbocycles. The molecule has 0 N–H and O–H groups in total. The minimum absolute atomic E-state index is 0.327. The first-order valence-electron chi connectivity index (χ1n) is 4.30. The molecular weight excluding hydrogens is 224 g/mol. The normalized spacial score (nSPS) is 16.0. The zero-order valence-electron chi connectivity index (χ0n) is 7.19. The van der Waals surface area contributed by atoms with Crippen molar-refractivity contribution >= 4 is 50.5 Å². The van der Waals surface area contributed by atoms with Gasteiger partial charge in [-0.25, -0.2) is 0 Å². The second-order valence-corrected chi connectivity index (χ2v) is 5.03. The van der Waals surface area contributed by atoms with Crippen molar-refractivity contribution in [3.05, 3.63) is 0 Å². The van der Waals surface area contributed by atoms with Crippen molar-refractivity contribution in [3.63, 3.8) is 0 Å². The van der Waals surface area contributed by atoms with Gasteiger partial charge in [0.15, 0.2) is 0 Å². The first kappa shape index (κ1) is 13.4. The highest BCUT2D eigenvalue weighted by Gasteiger charge is 2.11. The van der Waals surface area contributed by atoms with E-state index < -0.39 is 0 Å². The molecule has 2 atom stereocenters. The molecule has 0 amide bonds. The topological polar surface area (TPSA) is 0 Å². The molecule has 0 nitrogen and oxygen atoms in total. The summed E-state index contributed by atoms with van der Waals surface area (Å²) in [6.07, 6.45) is 4.85. The number of hydrogen-bond acceptors (Lipinski definition) is 4. The fourth-order valence-corrected chi connectivity index (χ4v) is 2.04. The van der Waals surface area contributed by atoms with Crippen molar-refractivity contribution in [2.45, 2.75) is 36.2 Å². The van der Waals surface area contributed by atoms with E-state index in [4.69, 9.17) is 0 Å².